The highest BCUT2D eigenvalue weighted by molar-refractivity contribution is 7.12. The van der Waals surface area contributed by atoms with Gasteiger partial charge in [0.15, 0.2) is 0 Å². The van der Waals surface area contributed by atoms with Gasteiger partial charge in [0.1, 0.15) is 17.2 Å². The molecule has 1 aliphatic heterocycles. The summed E-state index contributed by atoms with van der Waals surface area (Å²) in [5, 5.41) is 19.3. The normalized spacial score (nSPS) is 17.9. The second-order valence-corrected chi connectivity index (χ2v) is 9.57. The predicted octanol–water partition coefficient (Wildman–Crippen LogP) is 3.09. The lowest BCUT2D eigenvalue weighted by Gasteiger charge is -2.41. The molecule has 1 saturated heterocycles. The maximum Gasteiger partial charge on any atom is 0.131 e. The SMILES string of the molecule is COc1ccc(CN2CCN(Cc3ccc(C#CC(C)(C)O)s3)C[C@H]2CCO)c(F)c1. The number of ether oxygens (including phenoxy) is 1. The predicted molar refractivity (Wildman–Crippen MR) is 122 cm³/mol. The van der Waals surface area contributed by atoms with E-state index in [0.29, 0.717) is 24.3 Å². The van der Waals surface area contributed by atoms with Crippen molar-refractivity contribution in [1.82, 2.24) is 9.80 Å². The van der Waals surface area contributed by atoms with E-state index in [1.54, 1.807) is 37.3 Å². The Kier molecular flexibility index (Phi) is 8.09. The third-order valence-corrected chi connectivity index (χ3v) is 6.30. The molecule has 1 atom stereocenters. The summed E-state index contributed by atoms with van der Waals surface area (Å²) in [5.41, 5.74) is -0.355. The molecular formula is C24H31FN2O3S. The Balaban J connectivity index is 1.62. The fraction of sp³-hybridized carbons (Fsp3) is 0.500. The molecule has 0 radical (unpaired) electrons. The zero-order valence-corrected chi connectivity index (χ0v) is 19.2. The van der Waals surface area contributed by atoms with Gasteiger partial charge >= 0.3 is 0 Å². The first-order chi connectivity index (χ1) is 14.8. The van der Waals surface area contributed by atoms with Crippen molar-refractivity contribution in [2.24, 2.45) is 0 Å². The lowest BCUT2D eigenvalue weighted by molar-refractivity contribution is 0.0497. The van der Waals surface area contributed by atoms with E-state index in [1.165, 1.54) is 18.1 Å². The van der Waals surface area contributed by atoms with Gasteiger partial charge in [0.25, 0.3) is 0 Å². The van der Waals surface area contributed by atoms with E-state index < -0.39 is 5.60 Å². The van der Waals surface area contributed by atoms with Crippen LogP contribution in [0.4, 0.5) is 4.39 Å². The van der Waals surface area contributed by atoms with E-state index in [-0.39, 0.29) is 18.5 Å². The molecule has 1 aliphatic rings. The van der Waals surface area contributed by atoms with Crippen molar-refractivity contribution in [3.63, 3.8) is 0 Å². The van der Waals surface area contributed by atoms with Crippen molar-refractivity contribution in [3.8, 4) is 17.6 Å². The van der Waals surface area contributed by atoms with E-state index in [0.717, 1.165) is 31.1 Å². The quantitative estimate of drug-likeness (QED) is 0.641. The van der Waals surface area contributed by atoms with Crippen LogP contribution in [0, 0.1) is 17.7 Å². The minimum atomic E-state index is -0.999. The average molecular weight is 447 g/mol. The molecule has 2 N–H and O–H groups in total. The molecule has 0 aliphatic carbocycles. The summed E-state index contributed by atoms with van der Waals surface area (Å²) in [4.78, 5) is 6.79. The number of benzene rings is 1. The van der Waals surface area contributed by atoms with Gasteiger partial charge in [-0.1, -0.05) is 17.9 Å². The van der Waals surface area contributed by atoms with Crippen LogP contribution in [0.1, 0.15) is 35.6 Å². The molecule has 1 fully saturated rings. The number of rotatable bonds is 7. The van der Waals surface area contributed by atoms with Crippen molar-refractivity contribution >= 4 is 11.3 Å². The molecule has 168 valence electrons. The van der Waals surface area contributed by atoms with Gasteiger partial charge < -0.3 is 14.9 Å². The molecule has 2 heterocycles. The average Bonchev–Trinajstić information content (AvgIpc) is 3.17. The summed E-state index contributed by atoms with van der Waals surface area (Å²) < 4.78 is 19.5. The zero-order valence-electron chi connectivity index (χ0n) is 18.4. The third-order valence-electron chi connectivity index (χ3n) is 5.32. The van der Waals surface area contributed by atoms with Gasteiger partial charge in [-0.25, -0.2) is 4.39 Å². The van der Waals surface area contributed by atoms with Crippen LogP contribution >= 0.6 is 11.3 Å². The molecule has 5 nitrogen and oxygen atoms in total. The number of aliphatic hydroxyl groups excluding tert-OH is 1. The monoisotopic (exact) mass is 446 g/mol. The number of hydrogen-bond donors (Lipinski definition) is 2. The van der Waals surface area contributed by atoms with Gasteiger partial charge in [-0.05, 0) is 38.5 Å². The summed E-state index contributed by atoms with van der Waals surface area (Å²) in [6.07, 6.45) is 0.654. The third kappa shape index (κ3) is 7.03. The van der Waals surface area contributed by atoms with Crippen LogP contribution in [-0.4, -0.2) is 65.0 Å². The number of methoxy groups -OCH3 is 1. The summed E-state index contributed by atoms with van der Waals surface area (Å²) in [6, 6.07) is 9.21. The first-order valence-electron chi connectivity index (χ1n) is 10.5. The van der Waals surface area contributed by atoms with E-state index in [2.05, 4.69) is 27.7 Å². The number of nitrogens with zero attached hydrogens (tertiary/aromatic N) is 2. The summed E-state index contributed by atoms with van der Waals surface area (Å²) in [6.45, 7) is 7.30. The van der Waals surface area contributed by atoms with Crippen LogP contribution in [0.5, 0.6) is 5.75 Å². The van der Waals surface area contributed by atoms with Gasteiger partial charge in [0.05, 0.1) is 12.0 Å². The van der Waals surface area contributed by atoms with Crippen LogP contribution in [0.3, 0.4) is 0 Å². The van der Waals surface area contributed by atoms with Gasteiger partial charge in [0.2, 0.25) is 0 Å². The molecule has 31 heavy (non-hydrogen) atoms. The second kappa shape index (κ2) is 10.6. The van der Waals surface area contributed by atoms with Crippen molar-refractivity contribution in [2.45, 2.75) is 45.0 Å². The van der Waals surface area contributed by atoms with E-state index in [1.807, 2.05) is 6.07 Å². The first-order valence-corrected chi connectivity index (χ1v) is 11.3. The standard InChI is InChI=1S/C24H31FN2O3S/c1-24(2,29)10-8-21-6-7-22(31-21)17-26-11-12-27(19(16-26)9-13-28)15-18-4-5-20(30-3)14-23(18)25/h4-7,14,19,28-29H,9,11-13,15-17H2,1-3H3/t19-/m1/s1. The Morgan fingerprint density at radius 1 is 1.23 bits per heavy atom. The number of piperazine rings is 1. The Morgan fingerprint density at radius 2 is 2.03 bits per heavy atom. The number of thiophene rings is 1. The van der Waals surface area contributed by atoms with Crippen molar-refractivity contribution < 1.29 is 19.3 Å². The van der Waals surface area contributed by atoms with Crippen molar-refractivity contribution in [1.29, 1.82) is 0 Å². The molecule has 0 saturated carbocycles. The number of hydrogen-bond acceptors (Lipinski definition) is 6. The molecule has 0 spiro atoms. The number of halogens is 1. The lowest BCUT2D eigenvalue weighted by atomic mass is 10.1. The molecule has 0 bridgehead atoms. The first kappa shape index (κ1) is 23.7. The van der Waals surface area contributed by atoms with Gasteiger partial charge in [-0.3, -0.25) is 9.80 Å². The highest BCUT2D eigenvalue weighted by Gasteiger charge is 2.27. The number of aliphatic hydroxyl groups is 2. The molecule has 0 unspecified atom stereocenters. The summed E-state index contributed by atoms with van der Waals surface area (Å²) >= 11 is 1.64. The minimum Gasteiger partial charge on any atom is -0.497 e. The fourth-order valence-corrected chi connectivity index (χ4v) is 4.60. The molecule has 1 aromatic heterocycles. The van der Waals surface area contributed by atoms with Crippen LogP contribution in [0.25, 0.3) is 0 Å². The summed E-state index contributed by atoms with van der Waals surface area (Å²) in [5.74, 6) is 6.14. The van der Waals surface area contributed by atoms with E-state index in [4.69, 9.17) is 4.74 Å². The second-order valence-electron chi connectivity index (χ2n) is 8.40. The Bertz CT molecular complexity index is 929. The summed E-state index contributed by atoms with van der Waals surface area (Å²) in [7, 11) is 1.53. The largest absolute Gasteiger partial charge is 0.497 e. The van der Waals surface area contributed by atoms with Gasteiger partial charge in [-0.15, -0.1) is 11.3 Å². The smallest absolute Gasteiger partial charge is 0.131 e. The molecular weight excluding hydrogens is 415 g/mol. The van der Waals surface area contributed by atoms with Crippen molar-refractivity contribution in [2.75, 3.05) is 33.4 Å². The minimum absolute atomic E-state index is 0.107. The molecule has 1 aromatic carbocycles. The van der Waals surface area contributed by atoms with E-state index in [9.17, 15) is 14.6 Å². The molecule has 7 heteroatoms. The Morgan fingerprint density at radius 3 is 2.71 bits per heavy atom. The molecule has 3 rings (SSSR count). The zero-order chi connectivity index (χ0) is 22.4. The van der Waals surface area contributed by atoms with Crippen LogP contribution in [-0.2, 0) is 13.1 Å². The highest BCUT2D eigenvalue weighted by atomic mass is 32.1. The van der Waals surface area contributed by atoms with E-state index >= 15 is 0 Å². The highest BCUT2D eigenvalue weighted by Crippen LogP contribution is 2.24. The maximum atomic E-state index is 14.4. The van der Waals surface area contributed by atoms with Crippen molar-refractivity contribution in [3.05, 3.63) is 51.5 Å². The topological polar surface area (TPSA) is 56.2 Å². The van der Waals surface area contributed by atoms with Crippen LogP contribution < -0.4 is 4.74 Å². The lowest BCUT2D eigenvalue weighted by Crippen LogP contribution is -2.52. The Hall–Kier alpha value is -1.95. The fourth-order valence-electron chi connectivity index (χ4n) is 3.70. The van der Waals surface area contributed by atoms with Gasteiger partial charge in [0, 0.05) is 61.9 Å². The molecule has 2 aromatic rings. The van der Waals surface area contributed by atoms with Crippen LogP contribution in [0.15, 0.2) is 30.3 Å². The maximum absolute atomic E-state index is 14.4. The van der Waals surface area contributed by atoms with Crippen LogP contribution in [0.2, 0.25) is 0 Å². The Labute approximate surface area is 188 Å². The molecule has 0 amide bonds. The van der Waals surface area contributed by atoms with Gasteiger partial charge in [-0.2, -0.15) is 0 Å².